The number of aliphatic hydroxyl groups is 1. The van der Waals surface area contributed by atoms with Gasteiger partial charge in [-0.2, -0.15) is 0 Å². The summed E-state index contributed by atoms with van der Waals surface area (Å²) in [6, 6.07) is 7.59. The summed E-state index contributed by atoms with van der Waals surface area (Å²) in [5.74, 6) is 2.54. The number of rotatable bonds is 4. The van der Waals surface area contributed by atoms with E-state index in [0.29, 0.717) is 13.2 Å². The first-order chi connectivity index (χ1) is 6.36. The van der Waals surface area contributed by atoms with E-state index in [1.54, 1.807) is 0 Å². The van der Waals surface area contributed by atoms with Crippen LogP contribution in [0.1, 0.15) is 11.1 Å². The molecule has 1 aromatic rings. The molecule has 2 nitrogen and oxygen atoms in total. The van der Waals surface area contributed by atoms with Crippen LogP contribution in [0.25, 0.3) is 0 Å². The molecule has 0 aromatic heterocycles. The summed E-state index contributed by atoms with van der Waals surface area (Å²) < 4.78 is 5.14. The van der Waals surface area contributed by atoms with Crippen molar-refractivity contribution in [2.75, 3.05) is 13.2 Å². The van der Waals surface area contributed by atoms with Crippen LogP contribution in [-0.4, -0.2) is 18.3 Å². The smallest absolute Gasteiger partial charge is 0.0718 e. The van der Waals surface area contributed by atoms with Crippen LogP contribution in [0, 0.1) is 12.3 Å². The molecule has 1 rings (SSSR count). The Morgan fingerprint density at radius 3 is 2.54 bits per heavy atom. The van der Waals surface area contributed by atoms with Gasteiger partial charge in [0, 0.05) is 5.56 Å². The first-order valence-electron chi connectivity index (χ1n) is 4.11. The predicted molar refractivity (Wildman–Crippen MR) is 51.1 cm³/mol. The zero-order valence-corrected chi connectivity index (χ0v) is 7.36. The maximum absolute atomic E-state index is 8.47. The van der Waals surface area contributed by atoms with Crippen molar-refractivity contribution in [3.8, 4) is 12.3 Å². The van der Waals surface area contributed by atoms with Gasteiger partial charge in [-0.15, -0.1) is 6.42 Å². The maximum atomic E-state index is 8.47. The summed E-state index contributed by atoms with van der Waals surface area (Å²) in [6.45, 7) is 0.949. The molecule has 0 radical (unpaired) electrons. The minimum absolute atomic E-state index is 0.0580. The van der Waals surface area contributed by atoms with E-state index in [-0.39, 0.29) is 6.61 Å². The van der Waals surface area contributed by atoms with Crippen LogP contribution in [-0.2, 0) is 11.3 Å². The van der Waals surface area contributed by atoms with Gasteiger partial charge >= 0.3 is 0 Å². The molecule has 0 aliphatic rings. The zero-order valence-electron chi connectivity index (χ0n) is 7.36. The molecule has 0 saturated heterocycles. The van der Waals surface area contributed by atoms with E-state index in [9.17, 15) is 0 Å². The summed E-state index contributed by atoms with van der Waals surface area (Å²) in [4.78, 5) is 0. The molecular formula is C11H12O2. The number of benzene rings is 1. The van der Waals surface area contributed by atoms with E-state index in [1.807, 2.05) is 24.3 Å². The Morgan fingerprint density at radius 1 is 1.31 bits per heavy atom. The molecule has 13 heavy (non-hydrogen) atoms. The quantitative estimate of drug-likeness (QED) is 0.551. The molecule has 0 spiro atoms. The Balaban J connectivity index is 2.46. The van der Waals surface area contributed by atoms with E-state index in [0.717, 1.165) is 11.1 Å². The molecule has 0 unspecified atom stereocenters. The van der Waals surface area contributed by atoms with Crippen LogP contribution in [0.4, 0.5) is 0 Å². The molecule has 2 heteroatoms. The van der Waals surface area contributed by atoms with E-state index in [2.05, 4.69) is 5.92 Å². The van der Waals surface area contributed by atoms with Gasteiger partial charge in [0.05, 0.1) is 19.8 Å². The normalized spacial score (nSPS) is 9.54. The minimum Gasteiger partial charge on any atom is -0.394 e. The summed E-state index contributed by atoms with van der Waals surface area (Å²) in [5.41, 5.74) is 1.93. The third-order valence-corrected chi connectivity index (χ3v) is 1.62. The fourth-order valence-corrected chi connectivity index (χ4v) is 0.952. The third kappa shape index (κ3) is 3.29. The molecular weight excluding hydrogens is 164 g/mol. The molecule has 0 amide bonds. The van der Waals surface area contributed by atoms with Crippen LogP contribution < -0.4 is 0 Å². The highest BCUT2D eigenvalue weighted by atomic mass is 16.5. The van der Waals surface area contributed by atoms with Crippen molar-refractivity contribution in [3.63, 3.8) is 0 Å². The first-order valence-corrected chi connectivity index (χ1v) is 4.11. The highest BCUT2D eigenvalue weighted by Gasteiger charge is 1.92. The van der Waals surface area contributed by atoms with Gasteiger partial charge in [-0.1, -0.05) is 18.1 Å². The minimum atomic E-state index is 0.0580. The fourth-order valence-electron chi connectivity index (χ4n) is 0.952. The van der Waals surface area contributed by atoms with Gasteiger partial charge in [-0.25, -0.2) is 0 Å². The molecule has 1 aromatic carbocycles. The Labute approximate surface area is 78.2 Å². The predicted octanol–water partition coefficient (Wildman–Crippen LogP) is 1.18. The number of hydrogen-bond donors (Lipinski definition) is 1. The van der Waals surface area contributed by atoms with Gasteiger partial charge in [0.1, 0.15) is 0 Å². The number of ether oxygens (including phenoxy) is 1. The van der Waals surface area contributed by atoms with E-state index < -0.39 is 0 Å². The van der Waals surface area contributed by atoms with Crippen LogP contribution in [0.3, 0.4) is 0 Å². The van der Waals surface area contributed by atoms with Crippen molar-refractivity contribution in [3.05, 3.63) is 35.4 Å². The summed E-state index contributed by atoms with van der Waals surface area (Å²) >= 11 is 0. The van der Waals surface area contributed by atoms with Crippen molar-refractivity contribution in [1.82, 2.24) is 0 Å². The maximum Gasteiger partial charge on any atom is 0.0718 e. The van der Waals surface area contributed by atoms with Gasteiger partial charge in [0.25, 0.3) is 0 Å². The van der Waals surface area contributed by atoms with Crippen molar-refractivity contribution in [2.24, 2.45) is 0 Å². The second-order valence-electron chi connectivity index (χ2n) is 2.62. The van der Waals surface area contributed by atoms with Crippen molar-refractivity contribution in [2.45, 2.75) is 6.61 Å². The molecule has 0 bridgehead atoms. The lowest BCUT2D eigenvalue weighted by Gasteiger charge is -2.01. The summed E-state index contributed by atoms with van der Waals surface area (Å²) in [5, 5.41) is 8.47. The fraction of sp³-hybridized carbons (Fsp3) is 0.273. The molecule has 0 heterocycles. The lowest BCUT2D eigenvalue weighted by molar-refractivity contribution is 0.0815. The Kier molecular flexibility index (Phi) is 4.04. The molecule has 0 saturated carbocycles. The molecule has 0 fully saturated rings. The Bertz CT molecular complexity index is 282. The second kappa shape index (κ2) is 5.36. The molecule has 0 atom stereocenters. The molecule has 0 aliphatic heterocycles. The standard InChI is InChI=1S/C11H12O2/c1-2-10-3-5-11(6-4-10)9-13-8-7-12/h1,3-6,12H,7-9H2. The Hall–Kier alpha value is -1.30. The van der Waals surface area contributed by atoms with Crippen LogP contribution in [0.15, 0.2) is 24.3 Å². The highest BCUT2D eigenvalue weighted by molar-refractivity contribution is 5.33. The van der Waals surface area contributed by atoms with E-state index in [4.69, 9.17) is 16.3 Å². The Morgan fingerprint density at radius 2 is 2.00 bits per heavy atom. The number of terminal acetylenes is 1. The van der Waals surface area contributed by atoms with Gasteiger partial charge in [0.15, 0.2) is 0 Å². The zero-order chi connectivity index (χ0) is 9.52. The summed E-state index contributed by atoms with van der Waals surface area (Å²) in [7, 11) is 0. The number of hydrogen-bond acceptors (Lipinski definition) is 2. The van der Waals surface area contributed by atoms with Crippen molar-refractivity contribution < 1.29 is 9.84 Å². The van der Waals surface area contributed by atoms with Crippen molar-refractivity contribution >= 4 is 0 Å². The summed E-state index contributed by atoms with van der Waals surface area (Å²) in [6.07, 6.45) is 5.21. The van der Waals surface area contributed by atoms with Crippen LogP contribution in [0.5, 0.6) is 0 Å². The van der Waals surface area contributed by atoms with Gasteiger partial charge < -0.3 is 9.84 Å². The van der Waals surface area contributed by atoms with E-state index in [1.165, 1.54) is 0 Å². The average Bonchev–Trinajstić information content (AvgIpc) is 2.19. The van der Waals surface area contributed by atoms with Gasteiger partial charge in [-0.3, -0.25) is 0 Å². The third-order valence-electron chi connectivity index (χ3n) is 1.62. The van der Waals surface area contributed by atoms with Gasteiger partial charge in [-0.05, 0) is 17.7 Å². The molecule has 68 valence electrons. The SMILES string of the molecule is C#Cc1ccc(COCCO)cc1. The van der Waals surface area contributed by atoms with Crippen LogP contribution >= 0.6 is 0 Å². The number of aliphatic hydroxyl groups excluding tert-OH is 1. The molecule has 1 N–H and O–H groups in total. The second-order valence-corrected chi connectivity index (χ2v) is 2.62. The largest absolute Gasteiger partial charge is 0.394 e. The van der Waals surface area contributed by atoms with Crippen LogP contribution in [0.2, 0.25) is 0 Å². The monoisotopic (exact) mass is 176 g/mol. The lowest BCUT2D eigenvalue weighted by atomic mass is 10.1. The van der Waals surface area contributed by atoms with E-state index >= 15 is 0 Å². The highest BCUT2D eigenvalue weighted by Crippen LogP contribution is 2.04. The molecule has 0 aliphatic carbocycles. The van der Waals surface area contributed by atoms with Gasteiger partial charge in [0.2, 0.25) is 0 Å². The van der Waals surface area contributed by atoms with Crippen molar-refractivity contribution in [1.29, 1.82) is 0 Å². The average molecular weight is 176 g/mol. The topological polar surface area (TPSA) is 29.5 Å². The first kappa shape index (κ1) is 9.79. The lowest BCUT2D eigenvalue weighted by Crippen LogP contribution is -1.98.